The number of carboxylic acids is 1. The van der Waals surface area contributed by atoms with E-state index in [0.717, 1.165) is 49.0 Å². The number of fused-ring (bicyclic) bond motifs is 1. The standard InChI is InChI=1S/C19H22ClN3O3/c1-12(19(25)26)11-21-18(24)17-15-5-3-2-4-6-16(15)23(22-17)14-9-7-13(20)8-10-14/h7-10,12H,2-6,11H2,1H3,(H,21,24)(H,25,26). The topological polar surface area (TPSA) is 84.2 Å². The van der Waals surface area contributed by atoms with Gasteiger partial charge in [-0.2, -0.15) is 5.10 Å². The number of benzene rings is 1. The van der Waals surface area contributed by atoms with E-state index < -0.39 is 11.9 Å². The summed E-state index contributed by atoms with van der Waals surface area (Å²) in [6.45, 7) is 1.65. The molecule has 1 aliphatic rings. The molecule has 0 radical (unpaired) electrons. The van der Waals surface area contributed by atoms with Crippen LogP contribution in [0.15, 0.2) is 24.3 Å². The van der Waals surface area contributed by atoms with E-state index in [0.29, 0.717) is 10.7 Å². The minimum Gasteiger partial charge on any atom is -0.481 e. The maximum absolute atomic E-state index is 12.7. The predicted molar refractivity (Wildman–Crippen MR) is 99.0 cm³/mol. The molecule has 138 valence electrons. The lowest BCUT2D eigenvalue weighted by atomic mass is 10.1. The van der Waals surface area contributed by atoms with Crippen molar-refractivity contribution in [2.75, 3.05) is 6.54 Å². The molecule has 1 unspecified atom stereocenters. The summed E-state index contributed by atoms with van der Waals surface area (Å²) in [5, 5.41) is 16.9. The molecule has 0 fully saturated rings. The summed E-state index contributed by atoms with van der Waals surface area (Å²) in [6.07, 6.45) is 4.87. The minimum absolute atomic E-state index is 0.0801. The summed E-state index contributed by atoms with van der Waals surface area (Å²) in [6, 6.07) is 7.37. The number of carbonyl (C=O) groups is 2. The fraction of sp³-hybridized carbons (Fsp3) is 0.421. The van der Waals surface area contributed by atoms with Gasteiger partial charge in [0.2, 0.25) is 0 Å². The number of carboxylic acid groups (broad SMARTS) is 1. The van der Waals surface area contributed by atoms with Gasteiger partial charge < -0.3 is 10.4 Å². The van der Waals surface area contributed by atoms with Gasteiger partial charge in [-0.1, -0.05) is 24.9 Å². The number of carbonyl (C=O) groups excluding carboxylic acids is 1. The molecule has 1 aromatic heterocycles. The van der Waals surface area contributed by atoms with Crippen LogP contribution in [0, 0.1) is 5.92 Å². The number of nitrogens with one attached hydrogen (secondary N) is 1. The predicted octanol–water partition coefficient (Wildman–Crippen LogP) is 3.25. The Hall–Kier alpha value is -2.34. The van der Waals surface area contributed by atoms with Gasteiger partial charge in [-0.3, -0.25) is 9.59 Å². The highest BCUT2D eigenvalue weighted by atomic mass is 35.5. The third kappa shape index (κ3) is 3.90. The van der Waals surface area contributed by atoms with Gasteiger partial charge in [-0.05, 0) is 49.9 Å². The molecule has 1 amide bonds. The second kappa shape index (κ2) is 7.91. The first-order chi connectivity index (χ1) is 12.5. The molecule has 0 spiro atoms. The zero-order chi connectivity index (χ0) is 18.7. The lowest BCUT2D eigenvalue weighted by Gasteiger charge is -2.08. The molecule has 2 aromatic rings. The van der Waals surface area contributed by atoms with E-state index in [1.54, 1.807) is 19.1 Å². The van der Waals surface area contributed by atoms with Crippen LogP contribution < -0.4 is 5.32 Å². The highest BCUT2D eigenvalue weighted by molar-refractivity contribution is 6.30. The van der Waals surface area contributed by atoms with E-state index >= 15 is 0 Å². The molecule has 3 rings (SSSR count). The summed E-state index contributed by atoms with van der Waals surface area (Å²) < 4.78 is 1.83. The van der Waals surface area contributed by atoms with Crippen LogP contribution in [0.5, 0.6) is 0 Å². The fourth-order valence-corrected chi connectivity index (χ4v) is 3.30. The number of aromatic nitrogens is 2. The Morgan fingerprint density at radius 1 is 1.23 bits per heavy atom. The maximum Gasteiger partial charge on any atom is 0.308 e. The van der Waals surface area contributed by atoms with Crippen LogP contribution in [0.4, 0.5) is 0 Å². The zero-order valence-electron chi connectivity index (χ0n) is 14.7. The molecule has 7 heteroatoms. The largest absolute Gasteiger partial charge is 0.481 e. The quantitative estimate of drug-likeness (QED) is 0.786. The molecule has 6 nitrogen and oxygen atoms in total. The highest BCUT2D eigenvalue weighted by Gasteiger charge is 2.25. The number of aliphatic carboxylic acids is 1. The van der Waals surface area contributed by atoms with E-state index in [9.17, 15) is 9.59 Å². The van der Waals surface area contributed by atoms with Gasteiger partial charge in [0.1, 0.15) is 0 Å². The first kappa shape index (κ1) is 18.5. The summed E-state index contributed by atoms with van der Waals surface area (Å²) in [4.78, 5) is 23.6. The van der Waals surface area contributed by atoms with Crippen molar-refractivity contribution in [3.63, 3.8) is 0 Å². The first-order valence-electron chi connectivity index (χ1n) is 8.85. The Morgan fingerprint density at radius 2 is 1.92 bits per heavy atom. The van der Waals surface area contributed by atoms with Crippen LogP contribution in [0.3, 0.4) is 0 Å². The van der Waals surface area contributed by atoms with Crippen LogP contribution in [-0.4, -0.2) is 33.3 Å². The zero-order valence-corrected chi connectivity index (χ0v) is 15.4. The summed E-state index contributed by atoms with van der Waals surface area (Å²) in [5.74, 6) is -1.89. The van der Waals surface area contributed by atoms with Gasteiger partial charge >= 0.3 is 5.97 Å². The molecule has 0 bridgehead atoms. The molecule has 1 aliphatic carbocycles. The molecule has 0 aliphatic heterocycles. The van der Waals surface area contributed by atoms with Crippen molar-refractivity contribution < 1.29 is 14.7 Å². The second-order valence-corrected chi connectivity index (χ2v) is 7.11. The van der Waals surface area contributed by atoms with E-state index in [-0.39, 0.29) is 12.5 Å². The minimum atomic E-state index is -0.934. The van der Waals surface area contributed by atoms with Crippen LogP contribution in [0.1, 0.15) is 47.9 Å². The van der Waals surface area contributed by atoms with Gasteiger partial charge in [-0.25, -0.2) is 4.68 Å². The normalized spacial score (nSPS) is 15.0. The number of rotatable bonds is 5. The van der Waals surface area contributed by atoms with E-state index in [1.165, 1.54) is 0 Å². The van der Waals surface area contributed by atoms with Crippen molar-refractivity contribution in [2.24, 2.45) is 5.92 Å². The average Bonchev–Trinajstić information content (AvgIpc) is 2.81. The van der Waals surface area contributed by atoms with Crippen molar-refractivity contribution in [3.8, 4) is 5.69 Å². The molecular formula is C19H22ClN3O3. The number of hydrogen-bond donors (Lipinski definition) is 2. The summed E-state index contributed by atoms with van der Waals surface area (Å²) >= 11 is 5.98. The van der Waals surface area contributed by atoms with Gasteiger partial charge in [0.15, 0.2) is 5.69 Å². The SMILES string of the molecule is CC(CNC(=O)c1nn(-c2ccc(Cl)cc2)c2c1CCCCC2)C(=O)O. The van der Waals surface area contributed by atoms with Gasteiger partial charge in [-0.15, -0.1) is 0 Å². The Labute approximate surface area is 157 Å². The van der Waals surface area contributed by atoms with Gasteiger partial charge in [0.25, 0.3) is 5.91 Å². The van der Waals surface area contributed by atoms with Crippen molar-refractivity contribution in [1.82, 2.24) is 15.1 Å². The lowest BCUT2D eigenvalue weighted by molar-refractivity contribution is -0.140. The third-order valence-corrected chi connectivity index (χ3v) is 4.96. The molecule has 1 aromatic carbocycles. The van der Waals surface area contributed by atoms with E-state index in [2.05, 4.69) is 10.4 Å². The second-order valence-electron chi connectivity index (χ2n) is 6.67. The molecule has 2 N–H and O–H groups in total. The summed E-state index contributed by atoms with van der Waals surface area (Å²) in [7, 11) is 0. The Balaban J connectivity index is 1.93. The van der Waals surface area contributed by atoms with Gasteiger partial charge in [0, 0.05) is 22.8 Å². The third-order valence-electron chi connectivity index (χ3n) is 4.71. The molecular weight excluding hydrogens is 354 g/mol. The Morgan fingerprint density at radius 3 is 2.62 bits per heavy atom. The Kier molecular flexibility index (Phi) is 5.61. The lowest BCUT2D eigenvalue weighted by Crippen LogP contribution is -2.32. The highest BCUT2D eigenvalue weighted by Crippen LogP contribution is 2.27. The smallest absolute Gasteiger partial charge is 0.308 e. The van der Waals surface area contributed by atoms with Crippen LogP contribution in [0.2, 0.25) is 5.02 Å². The molecule has 0 saturated carbocycles. The number of hydrogen-bond acceptors (Lipinski definition) is 3. The number of halogens is 1. The van der Waals surface area contributed by atoms with Crippen molar-refractivity contribution in [1.29, 1.82) is 0 Å². The molecule has 0 saturated heterocycles. The van der Waals surface area contributed by atoms with Crippen LogP contribution >= 0.6 is 11.6 Å². The monoisotopic (exact) mass is 375 g/mol. The number of amides is 1. The number of nitrogens with zero attached hydrogens (tertiary/aromatic N) is 2. The van der Waals surface area contributed by atoms with Crippen molar-refractivity contribution >= 4 is 23.5 Å². The summed E-state index contributed by atoms with van der Waals surface area (Å²) in [5.41, 5.74) is 3.29. The first-order valence-corrected chi connectivity index (χ1v) is 9.23. The maximum atomic E-state index is 12.7. The Bertz CT molecular complexity index is 814. The van der Waals surface area contributed by atoms with Gasteiger partial charge in [0.05, 0.1) is 11.6 Å². The van der Waals surface area contributed by atoms with E-state index in [1.807, 2.05) is 16.8 Å². The van der Waals surface area contributed by atoms with Crippen molar-refractivity contribution in [3.05, 3.63) is 46.2 Å². The molecule has 1 atom stereocenters. The van der Waals surface area contributed by atoms with Crippen molar-refractivity contribution in [2.45, 2.75) is 39.0 Å². The van der Waals surface area contributed by atoms with Crippen LogP contribution in [0.25, 0.3) is 5.69 Å². The van der Waals surface area contributed by atoms with Crippen LogP contribution in [-0.2, 0) is 17.6 Å². The average molecular weight is 376 g/mol. The fourth-order valence-electron chi connectivity index (χ4n) is 3.17. The molecule has 1 heterocycles. The van der Waals surface area contributed by atoms with E-state index in [4.69, 9.17) is 16.7 Å². The molecule has 26 heavy (non-hydrogen) atoms.